The van der Waals surface area contributed by atoms with Crippen LogP contribution < -0.4 is 14.9 Å². The zero-order valence-electron chi connectivity index (χ0n) is 11.1. The molecule has 0 radical (unpaired) electrons. The van der Waals surface area contributed by atoms with Crippen molar-refractivity contribution in [2.24, 2.45) is 0 Å². The van der Waals surface area contributed by atoms with Crippen LogP contribution in [0.25, 0.3) is 0 Å². The van der Waals surface area contributed by atoms with Gasteiger partial charge in [-0.05, 0) is 39.2 Å². The highest BCUT2D eigenvalue weighted by atomic mass is 32.2. The first kappa shape index (κ1) is 14.9. The lowest BCUT2D eigenvalue weighted by molar-refractivity contribution is 0.588. The molecule has 0 saturated carbocycles. The fourth-order valence-corrected chi connectivity index (χ4v) is 2.70. The molecule has 102 valence electrons. The van der Waals surface area contributed by atoms with E-state index in [1.54, 1.807) is 12.1 Å². The molecule has 0 heterocycles. The minimum atomic E-state index is -3.41. The predicted molar refractivity (Wildman–Crippen MR) is 74.5 cm³/mol. The molecule has 0 saturated heterocycles. The molecule has 0 unspecified atom stereocenters. The monoisotopic (exact) mass is 271 g/mol. The van der Waals surface area contributed by atoms with Crippen molar-refractivity contribution in [1.29, 1.82) is 0 Å². The summed E-state index contributed by atoms with van der Waals surface area (Å²) in [5.74, 6) is 0. The lowest BCUT2D eigenvalue weighted by Crippen LogP contribution is -2.26. The van der Waals surface area contributed by atoms with E-state index >= 15 is 0 Å². The predicted octanol–water partition coefficient (Wildman–Crippen LogP) is 0.640. The summed E-state index contributed by atoms with van der Waals surface area (Å²) in [6.45, 7) is 1.71. The van der Waals surface area contributed by atoms with Gasteiger partial charge in [-0.3, -0.25) is 0 Å². The molecule has 6 heteroatoms. The molecule has 0 spiro atoms. The Morgan fingerprint density at radius 1 is 1.22 bits per heavy atom. The smallest absolute Gasteiger partial charge is 0.242 e. The van der Waals surface area contributed by atoms with Crippen LogP contribution in [0, 0.1) is 0 Å². The molecule has 0 aliphatic carbocycles. The minimum Gasteiger partial charge on any atom is -0.373 e. The molecular weight excluding hydrogens is 250 g/mol. The molecule has 1 aromatic carbocycles. The van der Waals surface area contributed by atoms with Crippen LogP contribution in [0.1, 0.15) is 6.42 Å². The SMILES string of the molecule is CNCCCN(C)c1ccccc1S(=O)(=O)NC. The summed E-state index contributed by atoms with van der Waals surface area (Å²) in [5, 5.41) is 3.07. The first-order valence-electron chi connectivity index (χ1n) is 5.91. The second-order valence-electron chi connectivity index (χ2n) is 4.05. The summed E-state index contributed by atoms with van der Waals surface area (Å²) >= 11 is 0. The Labute approximate surface area is 109 Å². The maximum atomic E-state index is 11.9. The molecular formula is C12H21N3O2S. The van der Waals surface area contributed by atoms with Gasteiger partial charge in [0.05, 0.1) is 5.69 Å². The molecule has 0 bridgehead atoms. The van der Waals surface area contributed by atoms with Crippen LogP contribution in [0.15, 0.2) is 29.2 Å². The van der Waals surface area contributed by atoms with Crippen LogP contribution >= 0.6 is 0 Å². The third kappa shape index (κ3) is 3.69. The van der Waals surface area contributed by atoms with Crippen molar-refractivity contribution >= 4 is 15.7 Å². The van der Waals surface area contributed by atoms with Crippen molar-refractivity contribution in [2.45, 2.75) is 11.3 Å². The summed E-state index contributed by atoms with van der Waals surface area (Å²) in [4.78, 5) is 2.28. The van der Waals surface area contributed by atoms with Crippen LogP contribution in [0.4, 0.5) is 5.69 Å². The van der Waals surface area contributed by atoms with E-state index in [2.05, 4.69) is 10.0 Å². The summed E-state index contributed by atoms with van der Waals surface area (Å²) in [5.41, 5.74) is 0.725. The van der Waals surface area contributed by atoms with Crippen LogP contribution in [-0.4, -0.2) is 42.7 Å². The highest BCUT2D eigenvalue weighted by Gasteiger charge is 2.17. The second-order valence-corrected chi connectivity index (χ2v) is 5.91. The van der Waals surface area contributed by atoms with Gasteiger partial charge in [-0.15, -0.1) is 0 Å². The molecule has 2 N–H and O–H groups in total. The van der Waals surface area contributed by atoms with E-state index in [9.17, 15) is 8.42 Å². The summed E-state index contributed by atoms with van der Waals surface area (Å²) in [6.07, 6.45) is 0.959. The second kappa shape index (κ2) is 6.72. The molecule has 0 amide bonds. The Balaban J connectivity index is 2.95. The molecule has 0 atom stereocenters. The number of benzene rings is 1. The molecule has 1 aromatic rings. The Kier molecular flexibility index (Phi) is 5.58. The standard InChI is InChI=1S/C12H21N3O2S/c1-13-9-6-10-15(3)11-7-4-5-8-12(11)18(16,17)14-2/h4-5,7-8,13-14H,6,9-10H2,1-3H3. The topological polar surface area (TPSA) is 61.4 Å². The summed E-state index contributed by atoms with van der Waals surface area (Å²) in [6, 6.07) is 7.02. The van der Waals surface area contributed by atoms with Gasteiger partial charge in [0.2, 0.25) is 10.0 Å². The number of hydrogen-bond donors (Lipinski definition) is 2. The summed E-state index contributed by atoms with van der Waals surface area (Å²) in [7, 11) is 1.82. The Hall–Kier alpha value is -1.11. The van der Waals surface area contributed by atoms with Crippen LogP contribution in [0.2, 0.25) is 0 Å². The van der Waals surface area contributed by atoms with E-state index in [1.807, 2.05) is 31.1 Å². The summed E-state index contributed by atoms with van der Waals surface area (Å²) < 4.78 is 26.2. The average molecular weight is 271 g/mol. The van der Waals surface area contributed by atoms with Gasteiger partial charge >= 0.3 is 0 Å². The Morgan fingerprint density at radius 3 is 2.50 bits per heavy atom. The maximum absolute atomic E-state index is 11.9. The Bertz CT molecular complexity index is 474. The normalized spacial score (nSPS) is 11.5. The zero-order valence-corrected chi connectivity index (χ0v) is 11.9. The Morgan fingerprint density at radius 2 is 1.89 bits per heavy atom. The van der Waals surface area contributed by atoms with Crippen molar-refractivity contribution in [1.82, 2.24) is 10.0 Å². The number of nitrogens with one attached hydrogen (secondary N) is 2. The highest BCUT2D eigenvalue weighted by Crippen LogP contribution is 2.23. The minimum absolute atomic E-state index is 0.319. The average Bonchev–Trinajstić information content (AvgIpc) is 2.39. The van der Waals surface area contributed by atoms with Gasteiger partial charge in [0.25, 0.3) is 0 Å². The first-order valence-corrected chi connectivity index (χ1v) is 7.39. The third-order valence-electron chi connectivity index (χ3n) is 2.76. The molecule has 0 fully saturated rings. The van der Waals surface area contributed by atoms with Crippen molar-refractivity contribution in [3.63, 3.8) is 0 Å². The van der Waals surface area contributed by atoms with Crippen LogP contribution in [0.3, 0.4) is 0 Å². The van der Waals surface area contributed by atoms with E-state index in [0.717, 1.165) is 25.2 Å². The molecule has 18 heavy (non-hydrogen) atoms. The lowest BCUT2D eigenvalue weighted by Gasteiger charge is -2.22. The fraction of sp³-hybridized carbons (Fsp3) is 0.500. The molecule has 0 aliphatic rings. The van der Waals surface area contributed by atoms with Crippen molar-refractivity contribution < 1.29 is 8.42 Å². The van der Waals surface area contributed by atoms with Gasteiger partial charge in [-0.1, -0.05) is 12.1 Å². The van der Waals surface area contributed by atoms with Gasteiger partial charge in [-0.2, -0.15) is 0 Å². The van der Waals surface area contributed by atoms with Crippen LogP contribution in [0.5, 0.6) is 0 Å². The van der Waals surface area contributed by atoms with Gasteiger partial charge in [0.15, 0.2) is 0 Å². The molecule has 0 aliphatic heterocycles. The maximum Gasteiger partial charge on any atom is 0.242 e. The van der Waals surface area contributed by atoms with E-state index in [-0.39, 0.29) is 0 Å². The van der Waals surface area contributed by atoms with E-state index in [0.29, 0.717) is 4.90 Å². The van der Waals surface area contributed by atoms with Gasteiger partial charge in [-0.25, -0.2) is 13.1 Å². The molecule has 0 aromatic heterocycles. The quantitative estimate of drug-likeness (QED) is 0.715. The number of anilines is 1. The zero-order chi connectivity index (χ0) is 13.6. The van der Waals surface area contributed by atoms with Crippen LogP contribution in [-0.2, 0) is 10.0 Å². The van der Waals surface area contributed by atoms with Crippen molar-refractivity contribution in [3.8, 4) is 0 Å². The highest BCUT2D eigenvalue weighted by molar-refractivity contribution is 7.89. The van der Waals surface area contributed by atoms with E-state index < -0.39 is 10.0 Å². The van der Waals surface area contributed by atoms with E-state index in [1.165, 1.54) is 7.05 Å². The number of para-hydroxylation sites is 1. The number of nitrogens with zero attached hydrogens (tertiary/aromatic N) is 1. The lowest BCUT2D eigenvalue weighted by atomic mass is 10.3. The molecule has 1 rings (SSSR count). The number of sulfonamides is 1. The van der Waals surface area contributed by atoms with Gasteiger partial charge in [0.1, 0.15) is 4.90 Å². The van der Waals surface area contributed by atoms with E-state index in [4.69, 9.17) is 0 Å². The van der Waals surface area contributed by atoms with Gasteiger partial charge < -0.3 is 10.2 Å². The third-order valence-corrected chi connectivity index (χ3v) is 4.22. The van der Waals surface area contributed by atoms with Crippen molar-refractivity contribution in [3.05, 3.63) is 24.3 Å². The molecule has 5 nitrogen and oxygen atoms in total. The van der Waals surface area contributed by atoms with Crippen molar-refractivity contribution in [2.75, 3.05) is 39.1 Å². The van der Waals surface area contributed by atoms with Gasteiger partial charge in [0, 0.05) is 13.6 Å². The largest absolute Gasteiger partial charge is 0.373 e. The fourth-order valence-electron chi connectivity index (χ4n) is 1.72. The first-order chi connectivity index (χ1) is 8.53. The number of hydrogen-bond acceptors (Lipinski definition) is 4. The number of rotatable bonds is 7.